The summed E-state index contributed by atoms with van der Waals surface area (Å²) in [5, 5.41) is 9.50. The van der Waals surface area contributed by atoms with E-state index in [1.165, 1.54) is 16.9 Å². The Kier molecular flexibility index (Phi) is 2.74. The molecule has 0 fully saturated rings. The molecular weight excluding hydrogens is 196 g/mol. The molecule has 0 amide bonds. The van der Waals surface area contributed by atoms with Gasteiger partial charge in [-0.25, -0.2) is 0 Å². The standard InChI is InChI=1S/C10H10N2OS/c1-13-10-12-11-9(14-10)7-8-5-3-2-4-6-8/h2-6H,7H2,1H3. The summed E-state index contributed by atoms with van der Waals surface area (Å²) in [6, 6.07) is 10.2. The highest BCUT2D eigenvalue weighted by Gasteiger charge is 2.03. The Bertz CT molecular complexity index is 400. The Morgan fingerprint density at radius 1 is 1.21 bits per heavy atom. The van der Waals surface area contributed by atoms with Gasteiger partial charge in [0.1, 0.15) is 5.01 Å². The maximum absolute atomic E-state index is 4.98. The summed E-state index contributed by atoms with van der Waals surface area (Å²) >= 11 is 1.48. The summed E-state index contributed by atoms with van der Waals surface area (Å²) in [6.07, 6.45) is 0.821. The Hall–Kier alpha value is -1.42. The Morgan fingerprint density at radius 2 is 2.00 bits per heavy atom. The van der Waals surface area contributed by atoms with Crippen molar-refractivity contribution in [2.75, 3.05) is 7.11 Å². The molecule has 0 atom stereocenters. The van der Waals surface area contributed by atoms with Crippen molar-refractivity contribution in [2.24, 2.45) is 0 Å². The molecule has 0 aliphatic rings. The molecule has 3 nitrogen and oxygen atoms in total. The van der Waals surface area contributed by atoms with E-state index in [0.29, 0.717) is 5.19 Å². The molecule has 0 saturated carbocycles. The lowest BCUT2D eigenvalue weighted by atomic mass is 10.2. The fraction of sp³-hybridized carbons (Fsp3) is 0.200. The molecule has 0 N–H and O–H groups in total. The number of rotatable bonds is 3. The predicted octanol–water partition coefficient (Wildman–Crippen LogP) is 2.14. The lowest BCUT2D eigenvalue weighted by Gasteiger charge is -1.94. The van der Waals surface area contributed by atoms with Crippen LogP contribution in [0.2, 0.25) is 0 Å². The molecule has 72 valence electrons. The predicted molar refractivity (Wildman–Crippen MR) is 55.7 cm³/mol. The smallest absolute Gasteiger partial charge is 0.293 e. The van der Waals surface area contributed by atoms with Gasteiger partial charge >= 0.3 is 0 Å². The second-order valence-corrected chi connectivity index (χ2v) is 3.85. The highest BCUT2D eigenvalue weighted by atomic mass is 32.1. The summed E-state index contributed by atoms with van der Waals surface area (Å²) in [7, 11) is 1.60. The van der Waals surface area contributed by atoms with Crippen molar-refractivity contribution in [3.63, 3.8) is 0 Å². The van der Waals surface area contributed by atoms with E-state index in [2.05, 4.69) is 22.3 Å². The van der Waals surface area contributed by atoms with E-state index >= 15 is 0 Å². The van der Waals surface area contributed by atoms with Crippen molar-refractivity contribution < 1.29 is 4.74 Å². The van der Waals surface area contributed by atoms with E-state index in [-0.39, 0.29) is 0 Å². The summed E-state index contributed by atoms with van der Waals surface area (Å²) in [6.45, 7) is 0. The van der Waals surface area contributed by atoms with Crippen LogP contribution in [0.4, 0.5) is 0 Å². The Balaban J connectivity index is 2.11. The van der Waals surface area contributed by atoms with Gasteiger partial charge in [0, 0.05) is 6.42 Å². The molecule has 0 spiro atoms. The minimum Gasteiger partial charge on any atom is -0.472 e. The first kappa shape index (κ1) is 9.15. The Morgan fingerprint density at radius 3 is 2.64 bits per heavy atom. The molecule has 1 aromatic heterocycles. The minimum absolute atomic E-state index is 0.621. The van der Waals surface area contributed by atoms with Crippen LogP contribution in [0.15, 0.2) is 30.3 Å². The van der Waals surface area contributed by atoms with Crippen molar-refractivity contribution >= 4 is 11.3 Å². The lowest BCUT2D eigenvalue weighted by molar-refractivity contribution is 0.407. The van der Waals surface area contributed by atoms with Gasteiger partial charge in [-0.15, -0.1) is 10.2 Å². The number of aromatic nitrogens is 2. The SMILES string of the molecule is COc1nnc(Cc2ccccc2)s1. The zero-order chi connectivity index (χ0) is 9.80. The van der Waals surface area contributed by atoms with E-state index in [1.54, 1.807) is 7.11 Å². The topological polar surface area (TPSA) is 35.0 Å². The number of benzene rings is 1. The van der Waals surface area contributed by atoms with Gasteiger partial charge in [-0.05, 0) is 5.56 Å². The first-order valence-corrected chi connectivity index (χ1v) is 5.10. The van der Waals surface area contributed by atoms with E-state index in [0.717, 1.165) is 11.4 Å². The van der Waals surface area contributed by atoms with Gasteiger partial charge in [-0.3, -0.25) is 0 Å². The number of hydrogen-bond acceptors (Lipinski definition) is 4. The highest BCUT2D eigenvalue weighted by molar-refractivity contribution is 7.13. The molecule has 2 aromatic rings. The Labute approximate surface area is 86.4 Å². The fourth-order valence-electron chi connectivity index (χ4n) is 1.16. The van der Waals surface area contributed by atoms with Gasteiger partial charge < -0.3 is 4.74 Å². The molecular formula is C10H10N2OS. The average molecular weight is 206 g/mol. The third-order valence-electron chi connectivity index (χ3n) is 1.82. The van der Waals surface area contributed by atoms with Crippen LogP contribution in [-0.4, -0.2) is 17.3 Å². The van der Waals surface area contributed by atoms with Crippen LogP contribution in [0.5, 0.6) is 5.19 Å². The van der Waals surface area contributed by atoms with Crippen molar-refractivity contribution in [2.45, 2.75) is 6.42 Å². The summed E-state index contributed by atoms with van der Waals surface area (Å²) in [5.74, 6) is 0. The maximum atomic E-state index is 4.98. The maximum Gasteiger partial charge on any atom is 0.293 e. The highest BCUT2D eigenvalue weighted by Crippen LogP contribution is 2.19. The van der Waals surface area contributed by atoms with Gasteiger partial charge in [-0.1, -0.05) is 41.7 Å². The second-order valence-electron chi connectivity index (χ2n) is 2.83. The van der Waals surface area contributed by atoms with Gasteiger partial charge in [0.25, 0.3) is 5.19 Å². The third kappa shape index (κ3) is 2.09. The van der Waals surface area contributed by atoms with E-state index in [1.807, 2.05) is 18.2 Å². The zero-order valence-electron chi connectivity index (χ0n) is 7.80. The summed E-state index contributed by atoms with van der Waals surface area (Å²) in [5.41, 5.74) is 1.24. The van der Waals surface area contributed by atoms with Gasteiger partial charge in [0.2, 0.25) is 0 Å². The molecule has 0 aliphatic heterocycles. The molecule has 2 rings (SSSR count). The van der Waals surface area contributed by atoms with Crippen LogP contribution in [0.1, 0.15) is 10.6 Å². The van der Waals surface area contributed by atoms with Crippen LogP contribution in [0, 0.1) is 0 Å². The average Bonchev–Trinajstić information content (AvgIpc) is 2.67. The van der Waals surface area contributed by atoms with Gasteiger partial charge in [0.15, 0.2) is 0 Å². The number of nitrogens with zero attached hydrogens (tertiary/aromatic N) is 2. The van der Waals surface area contributed by atoms with E-state index in [9.17, 15) is 0 Å². The monoisotopic (exact) mass is 206 g/mol. The van der Waals surface area contributed by atoms with Gasteiger partial charge in [-0.2, -0.15) is 0 Å². The van der Waals surface area contributed by atoms with Crippen molar-refractivity contribution in [1.82, 2.24) is 10.2 Å². The van der Waals surface area contributed by atoms with Crippen LogP contribution in [-0.2, 0) is 6.42 Å². The van der Waals surface area contributed by atoms with Gasteiger partial charge in [0.05, 0.1) is 7.11 Å². The fourth-order valence-corrected chi connectivity index (χ4v) is 1.85. The normalized spacial score (nSPS) is 10.1. The second kappa shape index (κ2) is 4.19. The molecule has 0 saturated heterocycles. The third-order valence-corrected chi connectivity index (χ3v) is 2.71. The van der Waals surface area contributed by atoms with Crippen molar-refractivity contribution in [3.8, 4) is 5.19 Å². The molecule has 0 aliphatic carbocycles. The zero-order valence-corrected chi connectivity index (χ0v) is 8.62. The lowest BCUT2D eigenvalue weighted by Crippen LogP contribution is -1.85. The van der Waals surface area contributed by atoms with Crippen molar-refractivity contribution in [1.29, 1.82) is 0 Å². The quantitative estimate of drug-likeness (QED) is 0.771. The first-order valence-electron chi connectivity index (χ1n) is 4.29. The largest absolute Gasteiger partial charge is 0.472 e. The molecule has 1 heterocycles. The van der Waals surface area contributed by atoms with E-state index in [4.69, 9.17) is 4.74 Å². The number of hydrogen-bond donors (Lipinski definition) is 0. The van der Waals surface area contributed by atoms with E-state index < -0.39 is 0 Å². The van der Waals surface area contributed by atoms with Crippen LogP contribution in [0.25, 0.3) is 0 Å². The van der Waals surface area contributed by atoms with Crippen LogP contribution in [0.3, 0.4) is 0 Å². The number of methoxy groups -OCH3 is 1. The van der Waals surface area contributed by atoms with Crippen LogP contribution < -0.4 is 4.74 Å². The van der Waals surface area contributed by atoms with Crippen molar-refractivity contribution in [3.05, 3.63) is 40.9 Å². The molecule has 0 unspecified atom stereocenters. The number of ether oxygens (including phenoxy) is 1. The molecule has 0 bridgehead atoms. The molecule has 0 radical (unpaired) electrons. The first-order chi connectivity index (χ1) is 6.88. The minimum atomic E-state index is 0.621. The summed E-state index contributed by atoms with van der Waals surface area (Å²) < 4.78 is 4.98. The molecule has 14 heavy (non-hydrogen) atoms. The van der Waals surface area contributed by atoms with Crippen LogP contribution >= 0.6 is 11.3 Å². The molecule has 4 heteroatoms. The summed E-state index contributed by atoms with van der Waals surface area (Å²) in [4.78, 5) is 0. The molecule has 1 aromatic carbocycles.